The molecule has 1 atom stereocenters. The van der Waals surface area contributed by atoms with E-state index in [0.29, 0.717) is 5.56 Å². The van der Waals surface area contributed by atoms with Gasteiger partial charge in [-0.1, -0.05) is 25.5 Å². The van der Waals surface area contributed by atoms with E-state index in [1.165, 1.54) is 31.4 Å². The first kappa shape index (κ1) is 15.3. The van der Waals surface area contributed by atoms with Crippen molar-refractivity contribution < 1.29 is 18.3 Å². The van der Waals surface area contributed by atoms with Gasteiger partial charge in [-0.2, -0.15) is 13.2 Å². The second-order valence-electron chi connectivity index (χ2n) is 5.93. The van der Waals surface area contributed by atoms with Gasteiger partial charge in [-0.05, 0) is 36.0 Å². The Morgan fingerprint density at radius 2 is 2.05 bits per heavy atom. The van der Waals surface area contributed by atoms with Crippen molar-refractivity contribution in [2.45, 2.75) is 38.5 Å². The van der Waals surface area contributed by atoms with Crippen molar-refractivity contribution in [1.29, 1.82) is 0 Å². The molecule has 0 aliphatic heterocycles. The molecule has 2 rings (SSSR count). The molecule has 0 spiro atoms. The van der Waals surface area contributed by atoms with Gasteiger partial charge in [0.05, 0.1) is 11.7 Å². The summed E-state index contributed by atoms with van der Waals surface area (Å²) in [5, 5.41) is 13.1. The minimum Gasteiger partial charge on any atom is -0.387 e. The summed E-state index contributed by atoms with van der Waals surface area (Å²) in [6.07, 6.45) is -1.73. The number of rotatable bonds is 5. The third-order valence-corrected chi connectivity index (χ3v) is 4.05. The number of halogens is 3. The summed E-state index contributed by atoms with van der Waals surface area (Å²) >= 11 is 0. The lowest BCUT2D eigenvalue weighted by molar-refractivity contribution is -0.137. The molecule has 5 heteroatoms. The van der Waals surface area contributed by atoms with Crippen molar-refractivity contribution in [2.75, 3.05) is 13.1 Å². The molecular weight excluding hydrogens is 267 g/mol. The maximum atomic E-state index is 12.6. The van der Waals surface area contributed by atoms with Crippen LogP contribution in [0.25, 0.3) is 0 Å². The summed E-state index contributed by atoms with van der Waals surface area (Å²) in [7, 11) is 0. The van der Waals surface area contributed by atoms with E-state index < -0.39 is 17.8 Å². The summed E-state index contributed by atoms with van der Waals surface area (Å²) in [6, 6.07) is 4.87. The van der Waals surface area contributed by atoms with E-state index in [1.54, 1.807) is 0 Å². The van der Waals surface area contributed by atoms with E-state index in [0.717, 1.165) is 18.7 Å². The van der Waals surface area contributed by atoms with Gasteiger partial charge in [0.2, 0.25) is 0 Å². The number of aliphatic hydroxyl groups is 1. The lowest BCUT2D eigenvalue weighted by Crippen LogP contribution is -2.38. The zero-order valence-corrected chi connectivity index (χ0v) is 11.5. The van der Waals surface area contributed by atoms with Crippen LogP contribution in [0.2, 0.25) is 0 Å². The van der Waals surface area contributed by atoms with Gasteiger partial charge in [0.25, 0.3) is 0 Å². The van der Waals surface area contributed by atoms with Crippen LogP contribution in [0.3, 0.4) is 0 Å². The molecule has 0 saturated heterocycles. The predicted molar refractivity (Wildman–Crippen MR) is 71.2 cm³/mol. The maximum absolute atomic E-state index is 12.6. The fraction of sp³-hybridized carbons (Fsp3) is 0.600. The molecule has 1 unspecified atom stereocenters. The summed E-state index contributed by atoms with van der Waals surface area (Å²) in [6.45, 7) is 3.25. The van der Waals surface area contributed by atoms with Crippen LogP contribution in [-0.4, -0.2) is 18.2 Å². The molecule has 0 aromatic heterocycles. The fourth-order valence-corrected chi connectivity index (χ4v) is 2.51. The summed E-state index contributed by atoms with van der Waals surface area (Å²) in [5.41, 5.74) is -0.140. The molecule has 2 N–H and O–H groups in total. The van der Waals surface area contributed by atoms with Crippen LogP contribution in [-0.2, 0) is 6.18 Å². The van der Waals surface area contributed by atoms with Gasteiger partial charge in [-0.15, -0.1) is 0 Å². The number of benzene rings is 1. The average Bonchev–Trinajstić information content (AvgIpc) is 2.36. The van der Waals surface area contributed by atoms with Crippen molar-refractivity contribution in [3.63, 3.8) is 0 Å². The van der Waals surface area contributed by atoms with E-state index in [1.807, 2.05) is 0 Å². The Labute approximate surface area is 117 Å². The number of nitrogens with one attached hydrogen (secondary N) is 1. The highest BCUT2D eigenvalue weighted by atomic mass is 19.4. The second kappa shape index (κ2) is 5.74. The Balaban J connectivity index is 1.90. The summed E-state index contributed by atoms with van der Waals surface area (Å²) in [4.78, 5) is 0. The molecular formula is C15H20F3NO. The third kappa shape index (κ3) is 3.73. The molecule has 1 aromatic rings. The van der Waals surface area contributed by atoms with Crippen LogP contribution >= 0.6 is 0 Å². The highest BCUT2D eigenvalue weighted by molar-refractivity contribution is 5.27. The lowest BCUT2D eigenvalue weighted by Gasteiger charge is -2.38. The van der Waals surface area contributed by atoms with Crippen LogP contribution in [0.5, 0.6) is 0 Å². The Morgan fingerprint density at radius 1 is 1.35 bits per heavy atom. The Morgan fingerprint density at radius 3 is 2.60 bits per heavy atom. The van der Waals surface area contributed by atoms with E-state index in [9.17, 15) is 18.3 Å². The second-order valence-corrected chi connectivity index (χ2v) is 5.93. The van der Waals surface area contributed by atoms with Crippen LogP contribution in [0.1, 0.15) is 43.4 Å². The SMILES string of the molecule is CC1(CNCC(O)c2cccc(C(F)(F)F)c2)CCC1. The van der Waals surface area contributed by atoms with Gasteiger partial charge >= 0.3 is 6.18 Å². The smallest absolute Gasteiger partial charge is 0.387 e. The van der Waals surface area contributed by atoms with Crippen molar-refractivity contribution >= 4 is 0 Å². The van der Waals surface area contributed by atoms with Crippen LogP contribution in [0.15, 0.2) is 24.3 Å². The first-order valence-electron chi connectivity index (χ1n) is 6.86. The van der Waals surface area contributed by atoms with Gasteiger partial charge < -0.3 is 10.4 Å². The molecule has 2 nitrogen and oxygen atoms in total. The lowest BCUT2D eigenvalue weighted by atomic mass is 9.70. The minimum absolute atomic E-state index is 0.275. The first-order valence-corrected chi connectivity index (χ1v) is 6.86. The van der Waals surface area contributed by atoms with E-state index >= 15 is 0 Å². The van der Waals surface area contributed by atoms with Crippen molar-refractivity contribution in [1.82, 2.24) is 5.32 Å². The molecule has 0 heterocycles. The first-order chi connectivity index (χ1) is 9.30. The number of alkyl halides is 3. The largest absolute Gasteiger partial charge is 0.416 e. The highest BCUT2D eigenvalue weighted by Gasteiger charge is 2.32. The molecule has 0 bridgehead atoms. The molecule has 20 heavy (non-hydrogen) atoms. The normalized spacial score (nSPS) is 19.4. The van der Waals surface area contributed by atoms with Gasteiger partial charge in [0.15, 0.2) is 0 Å². The monoisotopic (exact) mass is 287 g/mol. The number of hydrogen-bond acceptors (Lipinski definition) is 2. The quantitative estimate of drug-likeness (QED) is 0.868. The van der Waals surface area contributed by atoms with Gasteiger partial charge in [0, 0.05) is 13.1 Å². The zero-order valence-electron chi connectivity index (χ0n) is 11.5. The summed E-state index contributed by atoms with van der Waals surface area (Å²) in [5.74, 6) is 0. The van der Waals surface area contributed by atoms with Crippen molar-refractivity contribution in [2.24, 2.45) is 5.41 Å². The van der Waals surface area contributed by atoms with E-state index in [2.05, 4.69) is 12.2 Å². The van der Waals surface area contributed by atoms with Crippen LogP contribution in [0.4, 0.5) is 13.2 Å². The maximum Gasteiger partial charge on any atom is 0.416 e. The molecule has 0 amide bonds. The van der Waals surface area contributed by atoms with Crippen LogP contribution in [0, 0.1) is 5.41 Å². The summed E-state index contributed by atoms with van der Waals surface area (Å²) < 4.78 is 37.8. The fourth-order valence-electron chi connectivity index (χ4n) is 2.51. The Kier molecular flexibility index (Phi) is 4.39. The number of aliphatic hydroxyl groups excluding tert-OH is 1. The zero-order chi connectivity index (χ0) is 14.8. The molecule has 1 fully saturated rings. The standard InChI is InChI=1S/C15H20F3NO/c1-14(6-3-7-14)10-19-9-13(20)11-4-2-5-12(8-11)15(16,17)18/h2,4-5,8,13,19-20H,3,6-7,9-10H2,1H3. The van der Waals surface area contributed by atoms with Gasteiger partial charge in [-0.25, -0.2) is 0 Å². The van der Waals surface area contributed by atoms with E-state index in [-0.39, 0.29) is 12.0 Å². The van der Waals surface area contributed by atoms with Gasteiger partial charge in [0.1, 0.15) is 0 Å². The van der Waals surface area contributed by atoms with E-state index in [4.69, 9.17) is 0 Å². The van der Waals surface area contributed by atoms with Gasteiger partial charge in [-0.3, -0.25) is 0 Å². The predicted octanol–water partition coefficient (Wildman–Crippen LogP) is 3.52. The molecule has 112 valence electrons. The third-order valence-electron chi connectivity index (χ3n) is 4.05. The average molecular weight is 287 g/mol. The molecule has 1 aromatic carbocycles. The Hall–Kier alpha value is -1.07. The minimum atomic E-state index is -4.37. The molecule has 1 aliphatic carbocycles. The molecule has 1 saturated carbocycles. The topological polar surface area (TPSA) is 32.3 Å². The van der Waals surface area contributed by atoms with Crippen molar-refractivity contribution in [3.8, 4) is 0 Å². The van der Waals surface area contributed by atoms with Crippen molar-refractivity contribution in [3.05, 3.63) is 35.4 Å². The number of hydrogen-bond donors (Lipinski definition) is 2. The highest BCUT2D eigenvalue weighted by Crippen LogP contribution is 2.39. The van der Waals surface area contributed by atoms with Crippen LogP contribution < -0.4 is 5.32 Å². The molecule has 0 radical (unpaired) electrons. The molecule has 1 aliphatic rings. The Bertz CT molecular complexity index is 455.